The molecule has 20 heteroatoms. The third-order valence-electron chi connectivity index (χ3n) is 3.29. The van der Waals surface area contributed by atoms with Crippen LogP contribution in [0, 0.1) is 0 Å². The minimum atomic E-state index is -5.81. The fourth-order valence-electron chi connectivity index (χ4n) is 2.31. The topological polar surface area (TPSA) is 264 Å². The molecular formula is C9H15N2O15P3. The molecule has 0 aromatic carbocycles. The molecule has 17 nitrogen and oxygen atoms in total. The van der Waals surface area contributed by atoms with Gasteiger partial charge in [-0.05, 0) is 0 Å². The minimum Gasteiger partial charge on any atom is -0.394 e. The summed E-state index contributed by atoms with van der Waals surface area (Å²) in [6.07, 6.45) is -6.18. The summed E-state index contributed by atoms with van der Waals surface area (Å²) >= 11 is 0. The van der Waals surface area contributed by atoms with Crippen LogP contribution in [0.3, 0.4) is 0 Å². The average Bonchev–Trinajstić information content (AvgIpc) is 2.79. The third-order valence-corrected chi connectivity index (χ3v) is 7.12. The molecule has 0 amide bonds. The van der Waals surface area contributed by atoms with Crippen molar-refractivity contribution in [3.8, 4) is 0 Å². The Labute approximate surface area is 159 Å². The van der Waals surface area contributed by atoms with Gasteiger partial charge in [0.1, 0.15) is 18.3 Å². The van der Waals surface area contributed by atoms with E-state index in [2.05, 4.69) is 13.1 Å². The molecule has 7 N–H and O–H groups in total. The maximum Gasteiger partial charge on any atom is 0.490 e. The van der Waals surface area contributed by atoms with Gasteiger partial charge in [-0.25, -0.2) is 18.5 Å². The SMILES string of the molecule is O=c1ccn([C@@H]2O[C@H](CO)[C@@H](OP(=O)(O)OP(=O)(O)OP(=O)(O)O)[C@H]2O)c(=O)[nH]1. The second-order valence-electron chi connectivity index (χ2n) is 5.42. The zero-order valence-corrected chi connectivity index (χ0v) is 16.5. The van der Waals surface area contributed by atoms with Crippen molar-refractivity contribution in [2.45, 2.75) is 24.5 Å². The van der Waals surface area contributed by atoms with E-state index >= 15 is 0 Å². The number of rotatable bonds is 8. The van der Waals surface area contributed by atoms with E-state index in [1.54, 1.807) is 0 Å². The zero-order valence-electron chi connectivity index (χ0n) is 13.8. The molecular weight excluding hydrogens is 469 g/mol. The van der Waals surface area contributed by atoms with Crippen LogP contribution in [0.5, 0.6) is 0 Å². The van der Waals surface area contributed by atoms with E-state index in [0.29, 0.717) is 4.57 Å². The zero-order chi connectivity index (χ0) is 22.2. The molecule has 1 aromatic heterocycles. The maximum absolute atomic E-state index is 11.9. The lowest BCUT2D eigenvalue weighted by molar-refractivity contribution is -0.0548. The maximum atomic E-state index is 11.9. The van der Waals surface area contributed by atoms with Crippen LogP contribution in [0.2, 0.25) is 0 Å². The monoisotopic (exact) mass is 484 g/mol. The molecule has 1 aliphatic heterocycles. The van der Waals surface area contributed by atoms with Crippen molar-refractivity contribution < 1.29 is 61.4 Å². The molecule has 0 spiro atoms. The summed E-state index contributed by atoms with van der Waals surface area (Å²) in [5.41, 5.74) is -1.82. The number of aromatic nitrogens is 2. The molecule has 166 valence electrons. The Morgan fingerprint density at radius 1 is 1.10 bits per heavy atom. The Hall–Kier alpha value is -1.03. The number of phosphoric ester groups is 1. The van der Waals surface area contributed by atoms with Crippen LogP contribution in [-0.4, -0.2) is 64.3 Å². The van der Waals surface area contributed by atoms with E-state index in [1.807, 2.05) is 4.98 Å². The fourth-order valence-corrected chi connectivity index (χ4v) is 5.54. The Bertz CT molecular complexity index is 997. The molecule has 1 aliphatic rings. The van der Waals surface area contributed by atoms with Gasteiger partial charge in [0.05, 0.1) is 6.61 Å². The van der Waals surface area contributed by atoms with E-state index in [4.69, 9.17) is 19.4 Å². The molecule has 1 aromatic rings. The van der Waals surface area contributed by atoms with Crippen LogP contribution in [0.25, 0.3) is 0 Å². The molecule has 2 heterocycles. The van der Waals surface area contributed by atoms with E-state index in [-0.39, 0.29) is 0 Å². The predicted molar refractivity (Wildman–Crippen MR) is 87.1 cm³/mol. The molecule has 0 aliphatic carbocycles. The first-order valence-electron chi connectivity index (χ1n) is 7.22. The van der Waals surface area contributed by atoms with Crippen LogP contribution in [0.15, 0.2) is 21.9 Å². The standard InChI is InChI=1S/C9H15N2O15P3/c12-3-4-7(24-28(19,20)26-29(21,22)25-27(16,17)18)6(14)8(23-4)11-2-1-5(13)10-9(11)15/h1-2,4,6-8,12,14H,3H2,(H,19,20)(H,21,22)(H,10,13,15)(H2,16,17,18)/t4-,6-,7-,8-/m1/s1. The van der Waals surface area contributed by atoms with Crippen molar-refractivity contribution in [3.05, 3.63) is 33.1 Å². The van der Waals surface area contributed by atoms with Crippen molar-refractivity contribution in [3.63, 3.8) is 0 Å². The Morgan fingerprint density at radius 2 is 1.72 bits per heavy atom. The highest BCUT2D eigenvalue weighted by atomic mass is 31.3. The molecule has 1 fully saturated rings. The van der Waals surface area contributed by atoms with Gasteiger partial charge in [0.25, 0.3) is 5.56 Å². The quantitative estimate of drug-likeness (QED) is 0.188. The van der Waals surface area contributed by atoms with Crippen LogP contribution < -0.4 is 11.2 Å². The van der Waals surface area contributed by atoms with Gasteiger partial charge in [0.15, 0.2) is 6.23 Å². The lowest BCUT2D eigenvalue weighted by Crippen LogP contribution is -2.38. The lowest BCUT2D eigenvalue weighted by Gasteiger charge is -2.23. The summed E-state index contributed by atoms with van der Waals surface area (Å²) in [5.74, 6) is 0. The fraction of sp³-hybridized carbons (Fsp3) is 0.556. The number of H-pyrrole nitrogens is 1. The van der Waals surface area contributed by atoms with Gasteiger partial charge in [-0.2, -0.15) is 8.62 Å². The lowest BCUT2D eigenvalue weighted by atomic mass is 10.1. The van der Waals surface area contributed by atoms with Gasteiger partial charge >= 0.3 is 29.2 Å². The Kier molecular flexibility index (Phi) is 7.20. The minimum absolute atomic E-state index is 0.662. The highest BCUT2D eigenvalue weighted by Crippen LogP contribution is 2.67. The molecule has 0 radical (unpaired) electrons. The first kappa shape index (κ1) is 24.2. The highest BCUT2D eigenvalue weighted by Gasteiger charge is 2.51. The highest BCUT2D eigenvalue weighted by molar-refractivity contribution is 7.66. The second-order valence-corrected chi connectivity index (χ2v) is 9.79. The molecule has 0 saturated carbocycles. The summed E-state index contributed by atoms with van der Waals surface area (Å²) < 4.78 is 51.2. The Balaban J connectivity index is 2.23. The van der Waals surface area contributed by atoms with Gasteiger partial charge in [0.2, 0.25) is 0 Å². The van der Waals surface area contributed by atoms with E-state index in [0.717, 1.165) is 12.3 Å². The predicted octanol–water partition coefficient (Wildman–Crippen LogP) is -2.50. The molecule has 1 saturated heterocycles. The summed E-state index contributed by atoms with van der Waals surface area (Å²) in [4.78, 5) is 60.4. The van der Waals surface area contributed by atoms with Crippen LogP contribution >= 0.6 is 23.5 Å². The van der Waals surface area contributed by atoms with Gasteiger partial charge in [-0.3, -0.25) is 18.9 Å². The number of phosphoric acid groups is 3. The van der Waals surface area contributed by atoms with Gasteiger partial charge in [0, 0.05) is 12.3 Å². The second kappa shape index (κ2) is 8.61. The molecule has 0 bridgehead atoms. The molecule has 6 atom stereocenters. The van der Waals surface area contributed by atoms with Gasteiger partial charge in [-0.1, -0.05) is 0 Å². The van der Waals surface area contributed by atoms with Crippen LogP contribution in [0.4, 0.5) is 0 Å². The molecule has 29 heavy (non-hydrogen) atoms. The first-order chi connectivity index (χ1) is 13.1. The number of nitrogens with zero attached hydrogens (tertiary/aromatic N) is 1. The number of aliphatic hydroxyl groups is 2. The van der Waals surface area contributed by atoms with Crippen molar-refractivity contribution in [2.24, 2.45) is 0 Å². The first-order valence-corrected chi connectivity index (χ1v) is 11.7. The van der Waals surface area contributed by atoms with Gasteiger partial charge in [-0.15, -0.1) is 0 Å². The van der Waals surface area contributed by atoms with Gasteiger partial charge < -0.3 is 34.5 Å². The number of aromatic amines is 1. The molecule has 2 unspecified atom stereocenters. The number of aliphatic hydroxyl groups excluding tert-OH is 2. The van der Waals surface area contributed by atoms with Crippen molar-refractivity contribution in [1.82, 2.24) is 9.55 Å². The molecule has 2 rings (SSSR count). The number of nitrogens with one attached hydrogen (secondary N) is 1. The van der Waals surface area contributed by atoms with Crippen LogP contribution in [-0.2, 0) is 31.6 Å². The summed E-state index contributed by atoms with van der Waals surface area (Å²) in [6.45, 7) is -0.938. The third kappa shape index (κ3) is 6.47. The average molecular weight is 484 g/mol. The Morgan fingerprint density at radius 3 is 2.24 bits per heavy atom. The summed E-state index contributed by atoms with van der Waals surface area (Å²) in [6, 6.07) is 0.890. The number of ether oxygens (including phenoxy) is 1. The normalized spacial score (nSPS) is 29.3. The number of hydrogen-bond donors (Lipinski definition) is 7. The van der Waals surface area contributed by atoms with E-state index < -0.39 is 65.9 Å². The van der Waals surface area contributed by atoms with Crippen LogP contribution in [0.1, 0.15) is 6.23 Å². The van der Waals surface area contributed by atoms with Crippen molar-refractivity contribution >= 4 is 23.5 Å². The smallest absolute Gasteiger partial charge is 0.394 e. The van der Waals surface area contributed by atoms with Crippen molar-refractivity contribution in [1.29, 1.82) is 0 Å². The van der Waals surface area contributed by atoms with Crippen molar-refractivity contribution in [2.75, 3.05) is 6.61 Å². The van der Waals surface area contributed by atoms with E-state index in [9.17, 15) is 38.4 Å². The number of hydrogen-bond acceptors (Lipinski definition) is 11. The largest absolute Gasteiger partial charge is 0.490 e. The van der Waals surface area contributed by atoms with E-state index in [1.165, 1.54) is 0 Å². The summed E-state index contributed by atoms with van der Waals surface area (Å²) in [5, 5.41) is 19.6. The summed E-state index contributed by atoms with van der Waals surface area (Å²) in [7, 11) is -17.1.